The fourth-order valence-corrected chi connectivity index (χ4v) is 1.80. The lowest BCUT2D eigenvalue weighted by Crippen LogP contribution is -2.23. The van der Waals surface area contributed by atoms with Gasteiger partial charge >= 0.3 is 0 Å². The number of nitrogens with zero attached hydrogens (tertiary/aromatic N) is 1. The molecule has 3 N–H and O–H groups in total. The van der Waals surface area contributed by atoms with E-state index in [0.717, 1.165) is 6.26 Å². The zero-order valence-corrected chi connectivity index (χ0v) is 8.91. The van der Waals surface area contributed by atoms with E-state index in [2.05, 4.69) is 10.3 Å². The van der Waals surface area contributed by atoms with Gasteiger partial charge in [-0.2, -0.15) is 0 Å². The number of rotatable bonds is 4. The molecule has 1 heterocycles. The lowest BCUT2D eigenvalue weighted by molar-refractivity contribution is -0.116. The molecule has 1 aromatic rings. The van der Waals surface area contributed by atoms with Crippen LogP contribution in [0.1, 0.15) is 0 Å². The van der Waals surface area contributed by atoms with Crippen molar-refractivity contribution in [3.63, 3.8) is 0 Å². The third-order valence-corrected chi connectivity index (χ3v) is 2.73. The first-order valence-corrected chi connectivity index (χ1v) is 5.97. The maximum Gasteiger partial charge on any atom is 0.236 e. The third-order valence-electron chi connectivity index (χ3n) is 1.60. The average Bonchev–Trinajstić information content (AvgIpc) is 2.13. The first kappa shape index (κ1) is 11.4. The maximum absolute atomic E-state index is 11.3. The van der Waals surface area contributed by atoms with Crippen molar-refractivity contribution in [3.05, 3.63) is 18.3 Å². The van der Waals surface area contributed by atoms with Gasteiger partial charge in [-0.25, -0.2) is 13.4 Å². The van der Waals surface area contributed by atoms with Gasteiger partial charge in [0.1, 0.15) is 10.7 Å². The van der Waals surface area contributed by atoms with Crippen LogP contribution in [-0.2, 0) is 14.6 Å². The first-order chi connectivity index (χ1) is 6.91. The van der Waals surface area contributed by atoms with Crippen LogP contribution in [0.15, 0.2) is 23.2 Å². The van der Waals surface area contributed by atoms with Crippen molar-refractivity contribution in [2.75, 3.05) is 18.1 Å². The molecule has 15 heavy (non-hydrogen) atoms. The topological polar surface area (TPSA) is 102 Å². The lowest BCUT2D eigenvalue weighted by Gasteiger charge is -2.07. The van der Waals surface area contributed by atoms with Gasteiger partial charge in [0, 0.05) is 12.5 Å². The summed E-state index contributed by atoms with van der Waals surface area (Å²) in [5, 5.41) is 2.55. The summed E-state index contributed by atoms with van der Waals surface area (Å²) in [5.74, 6) is -0.445. The summed E-state index contributed by atoms with van der Waals surface area (Å²) in [4.78, 5) is 14.4. The van der Waals surface area contributed by atoms with E-state index in [4.69, 9.17) is 5.73 Å². The molecule has 0 bridgehead atoms. The second-order valence-electron chi connectivity index (χ2n) is 2.94. The van der Waals surface area contributed by atoms with Crippen molar-refractivity contribution in [2.45, 2.75) is 4.90 Å². The number of anilines is 1. The maximum atomic E-state index is 11.3. The number of carbonyl (C=O) groups excluding carboxylic acids is 1. The van der Waals surface area contributed by atoms with Gasteiger partial charge < -0.3 is 11.1 Å². The Morgan fingerprint density at radius 2 is 2.27 bits per heavy atom. The van der Waals surface area contributed by atoms with E-state index in [1.807, 2.05) is 0 Å². The second kappa shape index (κ2) is 4.26. The Kier molecular flexibility index (Phi) is 3.25. The van der Waals surface area contributed by atoms with Crippen molar-refractivity contribution >= 4 is 21.6 Å². The predicted molar refractivity (Wildman–Crippen MR) is 55.0 cm³/mol. The molecule has 0 unspecified atom stereocenters. The predicted octanol–water partition coefficient (Wildman–Crippen LogP) is -0.618. The minimum atomic E-state index is -3.36. The molecule has 82 valence electrons. The van der Waals surface area contributed by atoms with E-state index in [-0.39, 0.29) is 17.3 Å². The van der Waals surface area contributed by atoms with Crippen LogP contribution < -0.4 is 11.1 Å². The van der Waals surface area contributed by atoms with Crippen molar-refractivity contribution < 1.29 is 13.2 Å². The Bertz CT molecular complexity index is 470. The lowest BCUT2D eigenvalue weighted by atomic mass is 10.4. The number of primary amides is 1. The number of hydrogen-bond acceptors (Lipinski definition) is 5. The van der Waals surface area contributed by atoms with Crippen LogP contribution in [0.5, 0.6) is 0 Å². The molecule has 0 spiro atoms. The molecule has 0 aliphatic rings. The summed E-state index contributed by atoms with van der Waals surface area (Å²) in [6, 6.07) is 2.91. The van der Waals surface area contributed by atoms with Crippen LogP contribution in [0.25, 0.3) is 0 Å². The molecule has 0 saturated carbocycles. The van der Waals surface area contributed by atoms with Crippen LogP contribution in [-0.4, -0.2) is 32.1 Å². The number of nitrogens with one attached hydrogen (secondary N) is 1. The zero-order chi connectivity index (χ0) is 11.5. The molecule has 1 amide bonds. The van der Waals surface area contributed by atoms with E-state index in [0.29, 0.717) is 0 Å². The van der Waals surface area contributed by atoms with Gasteiger partial charge in [0.25, 0.3) is 0 Å². The Labute approximate surface area is 87.4 Å². The van der Waals surface area contributed by atoms with Crippen LogP contribution in [0.4, 0.5) is 5.82 Å². The summed E-state index contributed by atoms with van der Waals surface area (Å²) < 4.78 is 22.6. The molecule has 0 fully saturated rings. The number of sulfone groups is 1. The standard InChI is InChI=1S/C8H11N3O3S/c1-15(13,14)6-3-2-4-10-8(6)11-5-7(9)12/h2-4H,5H2,1H3,(H2,9,12)(H,10,11). The highest BCUT2D eigenvalue weighted by atomic mass is 32.2. The van der Waals surface area contributed by atoms with Crippen molar-refractivity contribution in [1.29, 1.82) is 0 Å². The molecular weight excluding hydrogens is 218 g/mol. The minimum Gasteiger partial charge on any atom is -0.368 e. The van der Waals surface area contributed by atoms with E-state index in [1.165, 1.54) is 18.3 Å². The van der Waals surface area contributed by atoms with Crippen LogP contribution >= 0.6 is 0 Å². The summed E-state index contributed by atoms with van der Waals surface area (Å²) in [7, 11) is -3.36. The fourth-order valence-electron chi connectivity index (χ4n) is 0.993. The van der Waals surface area contributed by atoms with Crippen LogP contribution in [0, 0.1) is 0 Å². The Hall–Kier alpha value is -1.63. The summed E-state index contributed by atoms with van der Waals surface area (Å²) >= 11 is 0. The smallest absolute Gasteiger partial charge is 0.236 e. The number of amides is 1. The number of aromatic nitrogens is 1. The second-order valence-corrected chi connectivity index (χ2v) is 4.93. The van der Waals surface area contributed by atoms with Gasteiger partial charge in [-0.1, -0.05) is 0 Å². The SMILES string of the molecule is CS(=O)(=O)c1cccnc1NCC(N)=O. The zero-order valence-electron chi connectivity index (χ0n) is 8.10. The molecular formula is C8H11N3O3S. The van der Waals surface area contributed by atoms with Gasteiger partial charge in [-0.05, 0) is 12.1 Å². The summed E-state index contributed by atoms with van der Waals surface area (Å²) in [6.07, 6.45) is 2.50. The minimum absolute atomic E-state index is 0.0475. The third kappa shape index (κ3) is 3.21. The van der Waals surface area contributed by atoms with E-state index in [1.54, 1.807) is 0 Å². The number of hydrogen-bond donors (Lipinski definition) is 2. The molecule has 1 aromatic heterocycles. The molecule has 0 atom stereocenters. The monoisotopic (exact) mass is 229 g/mol. The largest absolute Gasteiger partial charge is 0.368 e. The first-order valence-electron chi connectivity index (χ1n) is 4.08. The molecule has 0 aromatic carbocycles. The Morgan fingerprint density at radius 1 is 1.60 bits per heavy atom. The molecule has 1 rings (SSSR count). The molecule has 0 aliphatic carbocycles. The summed E-state index contributed by atoms with van der Waals surface area (Å²) in [6.45, 7) is -0.153. The van der Waals surface area contributed by atoms with Crippen molar-refractivity contribution in [2.24, 2.45) is 5.73 Å². The molecule has 0 saturated heterocycles. The number of nitrogens with two attached hydrogens (primary N) is 1. The quantitative estimate of drug-likeness (QED) is 0.716. The highest BCUT2D eigenvalue weighted by Crippen LogP contribution is 2.16. The van der Waals surface area contributed by atoms with E-state index in [9.17, 15) is 13.2 Å². The molecule has 0 aliphatic heterocycles. The summed E-state index contributed by atoms with van der Waals surface area (Å²) in [5.41, 5.74) is 4.92. The number of carbonyl (C=O) groups is 1. The van der Waals surface area contributed by atoms with Crippen molar-refractivity contribution in [1.82, 2.24) is 4.98 Å². The Balaban J connectivity index is 3.02. The van der Waals surface area contributed by atoms with Gasteiger partial charge in [0.2, 0.25) is 5.91 Å². The highest BCUT2D eigenvalue weighted by molar-refractivity contribution is 7.90. The van der Waals surface area contributed by atoms with Gasteiger partial charge in [-0.15, -0.1) is 0 Å². The fraction of sp³-hybridized carbons (Fsp3) is 0.250. The average molecular weight is 229 g/mol. The van der Waals surface area contributed by atoms with Gasteiger partial charge in [-0.3, -0.25) is 4.79 Å². The highest BCUT2D eigenvalue weighted by Gasteiger charge is 2.13. The molecule has 6 nitrogen and oxygen atoms in total. The van der Waals surface area contributed by atoms with Gasteiger partial charge in [0.05, 0.1) is 6.54 Å². The molecule has 0 radical (unpaired) electrons. The van der Waals surface area contributed by atoms with Gasteiger partial charge in [0.15, 0.2) is 9.84 Å². The molecule has 7 heteroatoms. The van der Waals surface area contributed by atoms with E-state index >= 15 is 0 Å². The number of pyridine rings is 1. The normalized spacial score (nSPS) is 11.0. The van der Waals surface area contributed by atoms with Crippen LogP contribution in [0.3, 0.4) is 0 Å². The van der Waals surface area contributed by atoms with Crippen molar-refractivity contribution in [3.8, 4) is 0 Å². The Morgan fingerprint density at radius 3 is 2.80 bits per heavy atom. The van der Waals surface area contributed by atoms with E-state index < -0.39 is 15.7 Å². The van der Waals surface area contributed by atoms with Crippen LogP contribution in [0.2, 0.25) is 0 Å².